The number of nitrogens with one attached hydrogen (secondary N) is 1. The van der Waals surface area contributed by atoms with Crippen molar-refractivity contribution in [2.24, 2.45) is 0 Å². The minimum absolute atomic E-state index is 0.0459. The van der Waals surface area contributed by atoms with Crippen LogP contribution in [0.15, 0.2) is 16.9 Å². The molecule has 0 spiro atoms. The van der Waals surface area contributed by atoms with Gasteiger partial charge in [0.25, 0.3) is 5.91 Å². The molecule has 9 heteroatoms. The molecule has 1 fully saturated rings. The van der Waals surface area contributed by atoms with E-state index in [1.54, 1.807) is 6.92 Å². The molecule has 128 valence electrons. The molecular weight excluding hydrogens is 320 g/mol. The molecule has 1 saturated carbocycles. The lowest BCUT2D eigenvalue weighted by molar-refractivity contribution is -0.0389. The van der Waals surface area contributed by atoms with Gasteiger partial charge < -0.3 is 9.84 Å². The summed E-state index contributed by atoms with van der Waals surface area (Å²) in [4.78, 5) is 24.1. The fourth-order valence-electron chi connectivity index (χ4n) is 2.56. The Hall–Kier alpha value is -2.45. The van der Waals surface area contributed by atoms with Gasteiger partial charge in [-0.2, -0.15) is 4.98 Å². The van der Waals surface area contributed by atoms with Gasteiger partial charge in [0, 0.05) is 25.0 Å². The number of amides is 1. The maximum absolute atomic E-state index is 13.2. The van der Waals surface area contributed by atoms with Crippen molar-refractivity contribution in [3.8, 4) is 0 Å². The molecule has 2 heterocycles. The van der Waals surface area contributed by atoms with Crippen molar-refractivity contribution >= 4 is 5.91 Å². The zero-order valence-electron chi connectivity index (χ0n) is 13.1. The molecule has 1 N–H and O–H groups in total. The largest absolute Gasteiger partial charge is 0.342 e. The fraction of sp³-hybridized carbons (Fsp3) is 0.533. The summed E-state index contributed by atoms with van der Waals surface area (Å²) in [5, 5.41) is 6.45. The van der Waals surface area contributed by atoms with Gasteiger partial charge in [0.15, 0.2) is 5.82 Å². The van der Waals surface area contributed by atoms with Crippen molar-refractivity contribution < 1.29 is 18.1 Å². The van der Waals surface area contributed by atoms with Crippen molar-refractivity contribution in [1.29, 1.82) is 0 Å². The second kappa shape index (κ2) is 6.58. The summed E-state index contributed by atoms with van der Waals surface area (Å²) < 4.78 is 31.4. The minimum atomic E-state index is -2.59. The molecule has 0 aliphatic heterocycles. The van der Waals surface area contributed by atoms with Crippen LogP contribution in [0.3, 0.4) is 0 Å². The predicted octanol–water partition coefficient (Wildman–Crippen LogP) is 2.39. The number of aryl methyl sites for hydroxylation is 1. The van der Waals surface area contributed by atoms with Crippen LogP contribution in [0.25, 0.3) is 0 Å². The summed E-state index contributed by atoms with van der Waals surface area (Å²) in [6, 6.07) is 0. The van der Waals surface area contributed by atoms with Crippen LogP contribution in [0.1, 0.15) is 59.5 Å². The number of carbonyl (C=O) groups excluding carboxylic acids is 1. The summed E-state index contributed by atoms with van der Waals surface area (Å²) >= 11 is 0. The van der Waals surface area contributed by atoms with Gasteiger partial charge in [0.05, 0.1) is 18.4 Å². The van der Waals surface area contributed by atoms with Crippen molar-refractivity contribution in [3.05, 3.63) is 35.5 Å². The average Bonchev–Trinajstić information content (AvgIpc) is 3.02. The smallest absolute Gasteiger partial charge is 0.271 e. The lowest BCUT2D eigenvalue weighted by atomic mass is 9.86. The number of hydrogen-bond donors (Lipinski definition) is 1. The molecule has 0 bridgehead atoms. The zero-order chi connectivity index (χ0) is 17.2. The van der Waals surface area contributed by atoms with E-state index >= 15 is 0 Å². The Morgan fingerprint density at radius 1 is 1.33 bits per heavy atom. The molecule has 0 saturated heterocycles. The van der Waals surface area contributed by atoms with Gasteiger partial charge in [0.1, 0.15) is 5.69 Å². The number of halogens is 2. The summed E-state index contributed by atoms with van der Waals surface area (Å²) in [6.07, 6.45) is 3.22. The highest BCUT2D eigenvalue weighted by Crippen LogP contribution is 2.39. The summed E-state index contributed by atoms with van der Waals surface area (Å²) in [7, 11) is 0. The van der Waals surface area contributed by atoms with E-state index < -0.39 is 11.8 Å². The van der Waals surface area contributed by atoms with E-state index in [9.17, 15) is 13.6 Å². The van der Waals surface area contributed by atoms with Gasteiger partial charge in [0.2, 0.25) is 11.8 Å². The zero-order valence-corrected chi connectivity index (χ0v) is 13.1. The van der Waals surface area contributed by atoms with Crippen LogP contribution in [0.4, 0.5) is 8.78 Å². The van der Waals surface area contributed by atoms with Gasteiger partial charge >= 0.3 is 0 Å². The minimum Gasteiger partial charge on any atom is -0.342 e. The molecule has 1 aliphatic carbocycles. The standard InChI is InChI=1S/C15H17F2N5O2/c1-9-6-19-11(7-18-9)14(23)20-8-12-21-13(22-24-12)10-2-4-15(16,17)5-3-10/h6-7,10H,2-5,8H2,1H3,(H,20,23). The highest BCUT2D eigenvalue weighted by molar-refractivity contribution is 5.91. The summed E-state index contributed by atoms with van der Waals surface area (Å²) in [5.74, 6) is -2.47. The Balaban J connectivity index is 1.54. The highest BCUT2D eigenvalue weighted by atomic mass is 19.3. The second-order valence-corrected chi connectivity index (χ2v) is 5.90. The Labute approximate surface area is 136 Å². The maximum Gasteiger partial charge on any atom is 0.271 e. The molecule has 1 aliphatic rings. The maximum atomic E-state index is 13.2. The normalized spacial score (nSPS) is 17.6. The van der Waals surface area contributed by atoms with Crippen LogP contribution in [0.2, 0.25) is 0 Å². The quantitative estimate of drug-likeness (QED) is 0.921. The molecule has 0 unspecified atom stereocenters. The van der Waals surface area contributed by atoms with Gasteiger partial charge in [-0.25, -0.2) is 13.8 Å². The highest BCUT2D eigenvalue weighted by Gasteiger charge is 2.36. The summed E-state index contributed by atoms with van der Waals surface area (Å²) in [6.45, 7) is 1.82. The van der Waals surface area contributed by atoms with Crippen molar-refractivity contribution in [1.82, 2.24) is 25.4 Å². The molecule has 3 rings (SSSR count). The first-order valence-electron chi connectivity index (χ1n) is 7.70. The summed E-state index contributed by atoms with van der Waals surface area (Å²) in [5.41, 5.74) is 0.904. The number of rotatable bonds is 4. The predicted molar refractivity (Wildman–Crippen MR) is 78.4 cm³/mol. The van der Waals surface area contributed by atoms with E-state index in [1.165, 1.54) is 12.4 Å². The Morgan fingerprint density at radius 2 is 2.08 bits per heavy atom. The Morgan fingerprint density at radius 3 is 2.75 bits per heavy atom. The van der Waals surface area contributed by atoms with Crippen molar-refractivity contribution in [2.75, 3.05) is 0 Å². The molecule has 0 atom stereocenters. The SMILES string of the molecule is Cc1cnc(C(=O)NCc2nc(C3CCC(F)(F)CC3)no2)cn1. The van der Waals surface area contributed by atoms with Crippen molar-refractivity contribution in [2.45, 2.75) is 51.0 Å². The van der Waals surface area contributed by atoms with Gasteiger partial charge in [-0.15, -0.1) is 0 Å². The van der Waals surface area contributed by atoms with E-state index in [-0.39, 0.29) is 36.9 Å². The third kappa shape index (κ3) is 3.90. The van der Waals surface area contributed by atoms with Crippen LogP contribution in [0, 0.1) is 6.92 Å². The van der Waals surface area contributed by atoms with E-state index in [0.717, 1.165) is 0 Å². The van der Waals surface area contributed by atoms with E-state index in [0.29, 0.717) is 24.4 Å². The Kier molecular flexibility index (Phi) is 4.50. The van der Waals surface area contributed by atoms with Gasteiger partial charge in [-0.1, -0.05) is 5.16 Å². The fourth-order valence-corrected chi connectivity index (χ4v) is 2.56. The van der Waals surface area contributed by atoms with Crippen LogP contribution in [-0.4, -0.2) is 31.9 Å². The lowest BCUT2D eigenvalue weighted by Crippen LogP contribution is -2.25. The second-order valence-electron chi connectivity index (χ2n) is 5.90. The van der Waals surface area contributed by atoms with Crippen LogP contribution in [0.5, 0.6) is 0 Å². The van der Waals surface area contributed by atoms with E-state index in [2.05, 4.69) is 25.4 Å². The van der Waals surface area contributed by atoms with E-state index in [4.69, 9.17) is 4.52 Å². The topological polar surface area (TPSA) is 93.8 Å². The van der Waals surface area contributed by atoms with Crippen LogP contribution in [-0.2, 0) is 6.54 Å². The van der Waals surface area contributed by atoms with Gasteiger partial charge in [-0.05, 0) is 19.8 Å². The number of alkyl halides is 2. The number of carbonyl (C=O) groups is 1. The molecule has 2 aromatic rings. The monoisotopic (exact) mass is 337 g/mol. The van der Waals surface area contributed by atoms with Crippen LogP contribution < -0.4 is 5.32 Å². The number of nitrogens with zero attached hydrogens (tertiary/aromatic N) is 4. The lowest BCUT2D eigenvalue weighted by Gasteiger charge is -2.26. The van der Waals surface area contributed by atoms with E-state index in [1.807, 2.05) is 0 Å². The molecular formula is C15H17F2N5O2. The first kappa shape index (κ1) is 16.4. The number of hydrogen-bond acceptors (Lipinski definition) is 6. The third-order valence-corrected chi connectivity index (χ3v) is 3.98. The van der Waals surface area contributed by atoms with Crippen molar-refractivity contribution in [3.63, 3.8) is 0 Å². The van der Waals surface area contributed by atoms with Crippen LogP contribution >= 0.6 is 0 Å². The number of aromatic nitrogens is 4. The average molecular weight is 337 g/mol. The molecule has 24 heavy (non-hydrogen) atoms. The first-order valence-corrected chi connectivity index (χ1v) is 7.70. The first-order chi connectivity index (χ1) is 11.4. The molecule has 0 aromatic carbocycles. The molecule has 1 amide bonds. The van der Waals surface area contributed by atoms with Gasteiger partial charge in [-0.3, -0.25) is 9.78 Å². The Bertz CT molecular complexity index is 707. The third-order valence-electron chi connectivity index (χ3n) is 3.98. The molecule has 2 aromatic heterocycles. The molecule has 7 nitrogen and oxygen atoms in total. The molecule has 0 radical (unpaired) electrons.